The van der Waals surface area contributed by atoms with E-state index in [2.05, 4.69) is 37.0 Å². The molecule has 0 radical (unpaired) electrons. The summed E-state index contributed by atoms with van der Waals surface area (Å²) in [7, 11) is 0. The smallest absolute Gasteiger partial charge is 0.227 e. The van der Waals surface area contributed by atoms with E-state index in [0.29, 0.717) is 18.9 Å². The van der Waals surface area contributed by atoms with Crippen LogP contribution in [0, 0.1) is 0 Å². The summed E-state index contributed by atoms with van der Waals surface area (Å²) in [6.45, 7) is 5.94. The number of hydrogen-bond donors (Lipinski definition) is 1. The Morgan fingerprint density at radius 1 is 1.16 bits per heavy atom. The number of fused-ring (bicyclic) bond motifs is 3. The van der Waals surface area contributed by atoms with Crippen LogP contribution in [0.5, 0.6) is 0 Å². The minimum atomic E-state index is 0.214. The number of H-pyrrole nitrogens is 1. The van der Waals surface area contributed by atoms with E-state index in [4.69, 9.17) is 0 Å². The van der Waals surface area contributed by atoms with E-state index in [1.807, 2.05) is 35.2 Å². The lowest BCUT2D eigenvalue weighted by Crippen LogP contribution is -2.36. The first-order chi connectivity index (χ1) is 12.1. The first-order valence-electron chi connectivity index (χ1n) is 9.07. The Bertz CT molecular complexity index is 908. The molecular formula is C22H24N2O. The summed E-state index contributed by atoms with van der Waals surface area (Å²) in [6.07, 6.45) is 1.39. The van der Waals surface area contributed by atoms with Crippen LogP contribution < -0.4 is 0 Å². The molecule has 0 spiro atoms. The summed E-state index contributed by atoms with van der Waals surface area (Å²) in [6, 6.07) is 16.7. The van der Waals surface area contributed by atoms with Gasteiger partial charge in [0.15, 0.2) is 0 Å². The molecule has 2 aromatic carbocycles. The van der Waals surface area contributed by atoms with Crippen molar-refractivity contribution in [3.8, 4) is 0 Å². The molecule has 1 N–H and O–H groups in total. The fourth-order valence-electron chi connectivity index (χ4n) is 3.69. The molecule has 0 saturated carbocycles. The van der Waals surface area contributed by atoms with Gasteiger partial charge in [-0.25, -0.2) is 0 Å². The third-order valence-electron chi connectivity index (χ3n) is 5.22. The molecule has 0 fully saturated rings. The molecule has 0 unspecified atom stereocenters. The zero-order valence-corrected chi connectivity index (χ0v) is 14.9. The lowest BCUT2D eigenvalue weighted by atomic mass is 9.98. The minimum absolute atomic E-state index is 0.214. The maximum Gasteiger partial charge on any atom is 0.227 e. The molecule has 0 saturated heterocycles. The first-order valence-corrected chi connectivity index (χ1v) is 9.07. The van der Waals surface area contributed by atoms with Crippen LogP contribution in [0.3, 0.4) is 0 Å². The van der Waals surface area contributed by atoms with Gasteiger partial charge in [-0.2, -0.15) is 0 Å². The average Bonchev–Trinajstić information content (AvgIpc) is 2.99. The summed E-state index contributed by atoms with van der Waals surface area (Å²) >= 11 is 0. The average molecular weight is 332 g/mol. The third-order valence-corrected chi connectivity index (χ3v) is 5.22. The van der Waals surface area contributed by atoms with Crippen molar-refractivity contribution < 1.29 is 4.79 Å². The fraction of sp³-hybridized carbons (Fsp3) is 0.318. The summed E-state index contributed by atoms with van der Waals surface area (Å²) in [4.78, 5) is 18.3. The van der Waals surface area contributed by atoms with E-state index >= 15 is 0 Å². The van der Waals surface area contributed by atoms with E-state index in [1.54, 1.807) is 0 Å². The van der Waals surface area contributed by atoms with Crippen LogP contribution in [-0.2, 0) is 24.2 Å². The van der Waals surface area contributed by atoms with Crippen molar-refractivity contribution in [3.05, 3.63) is 70.9 Å². The summed E-state index contributed by atoms with van der Waals surface area (Å²) in [5.74, 6) is 0.723. The van der Waals surface area contributed by atoms with E-state index < -0.39 is 0 Å². The number of nitrogens with zero attached hydrogens (tertiary/aromatic N) is 1. The molecule has 25 heavy (non-hydrogen) atoms. The molecule has 0 aliphatic carbocycles. The van der Waals surface area contributed by atoms with E-state index in [9.17, 15) is 4.79 Å². The highest BCUT2D eigenvalue weighted by atomic mass is 16.2. The number of carbonyl (C=O) groups is 1. The van der Waals surface area contributed by atoms with Crippen LogP contribution in [0.4, 0.5) is 0 Å². The van der Waals surface area contributed by atoms with Crippen LogP contribution >= 0.6 is 0 Å². The van der Waals surface area contributed by atoms with Crippen LogP contribution in [0.2, 0.25) is 0 Å². The lowest BCUT2D eigenvalue weighted by molar-refractivity contribution is -0.131. The number of aromatic amines is 1. The maximum absolute atomic E-state index is 12.7. The molecule has 2 heterocycles. The van der Waals surface area contributed by atoms with Gasteiger partial charge in [0.1, 0.15) is 0 Å². The molecule has 1 aromatic heterocycles. The summed E-state index contributed by atoms with van der Waals surface area (Å²) < 4.78 is 0. The van der Waals surface area contributed by atoms with Gasteiger partial charge in [-0.3, -0.25) is 4.79 Å². The zero-order valence-electron chi connectivity index (χ0n) is 14.9. The second kappa shape index (κ2) is 6.40. The van der Waals surface area contributed by atoms with Crippen molar-refractivity contribution in [2.75, 3.05) is 6.54 Å². The quantitative estimate of drug-likeness (QED) is 0.757. The predicted molar refractivity (Wildman–Crippen MR) is 102 cm³/mol. The Morgan fingerprint density at radius 3 is 2.72 bits per heavy atom. The normalized spacial score (nSPS) is 14.1. The zero-order chi connectivity index (χ0) is 17.4. The van der Waals surface area contributed by atoms with Gasteiger partial charge < -0.3 is 9.88 Å². The van der Waals surface area contributed by atoms with Crippen molar-refractivity contribution in [2.24, 2.45) is 0 Å². The van der Waals surface area contributed by atoms with E-state index in [0.717, 1.165) is 18.5 Å². The van der Waals surface area contributed by atoms with Crippen LogP contribution in [0.15, 0.2) is 48.5 Å². The molecule has 0 atom stereocenters. The topological polar surface area (TPSA) is 36.1 Å². The summed E-state index contributed by atoms with van der Waals surface area (Å²) in [5.41, 5.74) is 6.21. The Kier molecular flexibility index (Phi) is 4.08. The number of carbonyl (C=O) groups excluding carboxylic acids is 1. The SMILES string of the molecule is CC(C)c1ccc2[nH]c3c(c2c1)CN(C(=O)Cc1ccccc1)CC3. The number of benzene rings is 2. The highest BCUT2D eigenvalue weighted by molar-refractivity contribution is 5.87. The van der Waals surface area contributed by atoms with Crippen LogP contribution in [-0.4, -0.2) is 22.3 Å². The van der Waals surface area contributed by atoms with Gasteiger partial charge in [0.2, 0.25) is 5.91 Å². The van der Waals surface area contributed by atoms with Gasteiger partial charge in [0.25, 0.3) is 0 Å². The lowest BCUT2D eigenvalue weighted by Gasteiger charge is -2.27. The van der Waals surface area contributed by atoms with E-state index in [1.165, 1.54) is 27.7 Å². The Labute approximate surface area is 148 Å². The molecular weight excluding hydrogens is 308 g/mol. The number of amides is 1. The molecule has 3 nitrogen and oxygen atoms in total. The number of rotatable bonds is 3. The van der Waals surface area contributed by atoms with Crippen molar-refractivity contribution in [3.63, 3.8) is 0 Å². The molecule has 3 aromatic rings. The molecule has 1 amide bonds. The molecule has 3 heteroatoms. The molecule has 4 rings (SSSR count). The fourth-order valence-corrected chi connectivity index (χ4v) is 3.69. The second-order valence-corrected chi connectivity index (χ2v) is 7.27. The minimum Gasteiger partial charge on any atom is -0.358 e. The second-order valence-electron chi connectivity index (χ2n) is 7.27. The Balaban J connectivity index is 1.60. The highest BCUT2D eigenvalue weighted by Crippen LogP contribution is 2.30. The monoisotopic (exact) mass is 332 g/mol. The van der Waals surface area contributed by atoms with Gasteiger partial charge in [-0.1, -0.05) is 50.2 Å². The van der Waals surface area contributed by atoms with Gasteiger partial charge in [0, 0.05) is 41.7 Å². The highest BCUT2D eigenvalue weighted by Gasteiger charge is 2.24. The van der Waals surface area contributed by atoms with Crippen LogP contribution in [0.1, 0.15) is 42.1 Å². The Morgan fingerprint density at radius 2 is 1.96 bits per heavy atom. The van der Waals surface area contributed by atoms with Crippen LogP contribution in [0.25, 0.3) is 10.9 Å². The predicted octanol–water partition coefficient (Wildman–Crippen LogP) is 4.42. The number of hydrogen-bond acceptors (Lipinski definition) is 1. The number of aromatic nitrogens is 1. The summed E-state index contributed by atoms with van der Waals surface area (Å²) in [5, 5.41) is 1.28. The molecule has 128 valence electrons. The third kappa shape index (κ3) is 3.07. The van der Waals surface area contributed by atoms with Gasteiger partial charge in [-0.15, -0.1) is 0 Å². The van der Waals surface area contributed by atoms with E-state index in [-0.39, 0.29) is 5.91 Å². The molecule has 1 aliphatic rings. The first kappa shape index (κ1) is 15.9. The largest absolute Gasteiger partial charge is 0.358 e. The van der Waals surface area contributed by atoms with Gasteiger partial charge >= 0.3 is 0 Å². The Hall–Kier alpha value is -2.55. The molecule has 0 bridgehead atoms. The van der Waals surface area contributed by atoms with Crippen molar-refractivity contribution in [2.45, 2.75) is 39.2 Å². The number of nitrogens with one attached hydrogen (secondary N) is 1. The van der Waals surface area contributed by atoms with Crippen molar-refractivity contribution >= 4 is 16.8 Å². The standard InChI is InChI=1S/C22H24N2O/c1-15(2)17-8-9-20-18(13-17)19-14-24(11-10-21(19)23-20)22(25)12-16-6-4-3-5-7-16/h3-9,13,15,23H,10-12,14H2,1-2H3. The van der Waals surface area contributed by atoms with Crippen molar-refractivity contribution in [1.29, 1.82) is 0 Å². The molecule has 1 aliphatic heterocycles. The van der Waals surface area contributed by atoms with Gasteiger partial charge in [0.05, 0.1) is 6.42 Å². The van der Waals surface area contributed by atoms with Crippen molar-refractivity contribution in [1.82, 2.24) is 9.88 Å². The van der Waals surface area contributed by atoms with Gasteiger partial charge in [-0.05, 0) is 29.2 Å². The maximum atomic E-state index is 12.7.